The first kappa shape index (κ1) is 11.6. The summed E-state index contributed by atoms with van der Waals surface area (Å²) in [5.41, 5.74) is 3.37. The Bertz CT molecular complexity index is 518. The number of fused-ring (bicyclic) bond motifs is 2. The van der Waals surface area contributed by atoms with Crippen molar-refractivity contribution in [3.8, 4) is 11.5 Å². The zero-order valence-corrected chi connectivity index (χ0v) is 11.7. The highest BCUT2D eigenvalue weighted by Gasteiger charge is 2.51. The van der Waals surface area contributed by atoms with Crippen LogP contribution in [-0.2, 0) is 5.41 Å². The maximum absolute atomic E-state index is 5.49. The van der Waals surface area contributed by atoms with Gasteiger partial charge in [-0.25, -0.2) is 0 Å². The molecule has 0 radical (unpaired) electrons. The van der Waals surface area contributed by atoms with E-state index in [1.54, 1.807) is 14.2 Å². The lowest BCUT2D eigenvalue weighted by molar-refractivity contribution is 0.347. The van der Waals surface area contributed by atoms with Crippen molar-refractivity contribution in [3.63, 3.8) is 0 Å². The number of nitrogens with one attached hydrogen (secondary N) is 1. The molecule has 4 rings (SSSR count). The van der Waals surface area contributed by atoms with Crippen molar-refractivity contribution in [1.29, 1.82) is 0 Å². The molecule has 2 saturated carbocycles. The van der Waals surface area contributed by atoms with E-state index in [2.05, 4.69) is 17.4 Å². The number of benzene rings is 1. The van der Waals surface area contributed by atoms with Crippen LogP contribution in [0, 0.1) is 5.92 Å². The van der Waals surface area contributed by atoms with Crippen LogP contribution in [0.3, 0.4) is 0 Å². The zero-order valence-electron chi connectivity index (χ0n) is 11.7. The van der Waals surface area contributed by atoms with Gasteiger partial charge < -0.3 is 14.8 Å². The number of methoxy groups -OCH3 is 2. The molecule has 19 heavy (non-hydrogen) atoms. The van der Waals surface area contributed by atoms with E-state index in [-0.39, 0.29) is 0 Å². The van der Waals surface area contributed by atoms with Gasteiger partial charge in [-0.2, -0.15) is 0 Å². The molecule has 2 fully saturated rings. The summed E-state index contributed by atoms with van der Waals surface area (Å²) in [5.74, 6) is 2.57. The minimum Gasteiger partial charge on any atom is -0.493 e. The van der Waals surface area contributed by atoms with E-state index in [1.165, 1.54) is 36.8 Å². The molecule has 1 aromatic carbocycles. The van der Waals surface area contributed by atoms with Crippen LogP contribution < -0.4 is 14.8 Å². The lowest BCUT2D eigenvalue weighted by atomic mass is 9.82. The van der Waals surface area contributed by atoms with Gasteiger partial charge in [-0.05, 0) is 54.9 Å². The van der Waals surface area contributed by atoms with Crippen molar-refractivity contribution in [2.45, 2.75) is 37.1 Å². The van der Waals surface area contributed by atoms with Crippen LogP contribution in [0.2, 0.25) is 0 Å². The van der Waals surface area contributed by atoms with Crippen molar-refractivity contribution < 1.29 is 9.47 Å². The van der Waals surface area contributed by atoms with Crippen molar-refractivity contribution in [1.82, 2.24) is 5.32 Å². The smallest absolute Gasteiger partial charge is 0.161 e. The quantitative estimate of drug-likeness (QED) is 0.905. The summed E-state index contributed by atoms with van der Waals surface area (Å²) in [5, 5.41) is 3.78. The molecule has 0 saturated heterocycles. The predicted molar refractivity (Wildman–Crippen MR) is 73.9 cm³/mol. The molecule has 0 aromatic heterocycles. The van der Waals surface area contributed by atoms with Gasteiger partial charge in [-0.3, -0.25) is 0 Å². The molecule has 0 bridgehead atoms. The molecule has 3 aliphatic rings. The van der Waals surface area contributed by atoms with Gasteiger partial charge >= 0.3 is 0 Å². The summed E-state index contributed by atoms with van der Waals surface area (Å²) in [7, 11) is 3.45. The Hall–Kier alpha value is -1.22. The number of hydrogen-bond donors (Lipinski definition) is 1. The van der Waals surface area contributed by atoms with Gasteiger partial charge in [0.25, 0.3) is 0 Å². The van der Waals surface area contributed by atoms with Crippen molar-refractivity contribution >= 4 is 0 Å². The summed E-state index contributed by atoms with van der Waals surface area (Å²) >= 11 is 0. The minimum absolute atomic E-state index is 0.389. The molecule has 0 amide bonds. The molecule has 1 N–H and O–H groups in total. The lowest BCUT2D eigenvalue weighted by Crippen LogP contribution is -2.38. The molecule has 2 aliphatic carbocycles. The maximum atomic E-state index is 5.49. The highest BCUT2D eigenvalue weighted by atomic mass is 16.5. The van der Waals surface area contributed by atoms with Crippen LogP contribution in [0.4, 0.5) is 0 Å². The van der Waals surface area contributed by atoms with E-state index < -0.39 is 0 Å². The largest absolute Gasteiger partial charge is 0.493 e. The Morgan fingerprint density at radius 2 is 1.79 bits per heavy atom. The predicted octanol–water partition coefficient (Wildman–Crippen LogP) is 2.79. The monoisotopic (exact) mass is 259 g/mol. The second-order valence-electron chi connectivity index (χ2n) is 6.27. The van der Waals surface area contributed by atoms with Crippen molar-refractivity contribution in [2.24, 2.45) is 5.92 Å². The van der Waals surface area contributed by atoms with Crippen LogP contribution in [0.15, 0.2) is 12.1 Å². The van der Waals surface area contributed by atoms with Gasteiger partial charge in [0.2, 0.25) is 0 Å². The first-order valence-corrected chi connectivity index (χ1v) is 7.27. The van der Waals surface area contributed by atoms with Crippen LogP contribution >= 0.6 is 0 Å². The second-order valence-corrected chi connectivity index (χ2v) is 6.27. The molecule has 1 aliphatic heterocycles. The molecule has 102 valence electrons. The SMILES string of the molecule is COc1cc2c(cc1OC)C1(CC1)CNC2C1CC1. The third-order valence-corrected chi connectivity index (χ3v) is 5.07. The fourth-order valence-electron chi connectivity index (χ4n) is 3.57. The van der Waals surface area contributed by atoms with Gasteiger partial charge in [-0.1, -0.05) is 0 Å². The Morgan fingerprint density at radius 1 is 1.11 bits per heavy atom. The lowest BCUT2D eigenvalue weighted by Gasteiger charge is -2.34. The van der Waals surface area contributed by atoms with Gasteiger partial charge in [0.05, 0.1) is 14.2 Å². The Kier molecular flexibility index (Phi) is 2.37. The zero-order chi connectivity index (χ0) is 13.0. The minimum atomic E-state index is 0.389. The van der Waals surface area contributed by atoms with Gasteiger partial charge in [0.15, 0.2) is 11.5 Å². The summed E-state index contributed by atoms with van der Waals surface area (Å²) in [4.78, 5) is 0. The van der Waals surface area contributed by atoms with E-state index in [1.807, 2.05) is 0 Å². The van der Waals surface area contributed by atoms with E-state index >= 15 is 0 Å². The summed E-state index contributed by atoms with van der Waals surface area (Å²) in [6.07, 6.45) is 5.33. The fraction of sp³-hybridized carbons (Fsp3) is 0.625. The average molecular weight is 259 g/mol. The molecule has 1 heterocycles. The summed E-state index contributed by atoms with van der Waals surface area (Å²) in [6, 6.07) is 4.97. The molecule has 1 aromatic rings. The van der Waals surface area contributed by atoms with Crippen LogP contribution in [0.1, 0.15) is 42.9 Å². The van der Waals surface area contributed by atoms with Crippen LogP contribution in [0.25, 0.3) is 0 Å². The first-order valence-electron chi connectivity index (χ1n) is 7.27. The Balaban J connectivity index is 1.85. The highest BCUT2D eigenvalue weighted by Crippen LogP contribution is 2.57. The van der Waals surface area contributed by atoms with Crippen molar-refractivity contribution in [2.75, 3.05) is 20.8 Å². The molecule has 1 atom stereocenters. The Labute approximate surface area is 114 Å². The molecular weight excluding hydrogens is 238 g/mol. The number of rotatable bonds is 3. The standard InChI is InChI=1S/C16H21NO2/c1-18-13-7-11-12(8-14(13)19-2)16(5-6-16)9-17-15(11)10-3-4-10/h7-8,10,15,17H,3-6,9H2,1-2H3. The topological polar surface area (TPSA) is 30.5 Å². The molecule has 1 spiro atoms. The Morgan fingerprint density at radius 3 is 2.37 bits per heavy atom. The van der Waals surface area contributed by atoms with E-state index in [4.69, 9.17) is 9.47 Å². The van der Waals surface area contributed by atoms with E-state index in [0.717, 1.165) is 24.0 Å². The van der Waals surface area contributed by atoms with Crippen molar-refractivity contribution in [3.05, 3.63) is 23.3 Å². The van der Waals surface area contributed by atoms with Crippen LogP contribution in [-0.4, -0.2) is 20.8 Å². The highest BCUT2D eigenvalue weighted by molar-refractivity contribution is 5.54. The molecule has 3 nitrogen and oxygen atoms in total. The van der Waals surface area contributed by atoms with Crippen LogP contribution in [0.5, 0.6) is 11.5 Å². The van der Waals surface area contributed by atoms with E-state index in [0.29, 0.717) is 11.5 Å². The summed E-state index contributed by atoms with van der Waals surface area (Å²) < 4.78 is 11.0. The average Bonchev–Trinajstić information content (AvgIpc) is 3.33. The number of hydrogen-bond acceptors (Lipinski definition) is 3. The van der Waals surface area contributed by atoms with E-state index in [9.17, 15) is 0 Å². The first-order chi connectivity index (χ1) is 9.27. The fourth-order valence-corrected chi connectivity index (χ4v) is 3.57. The normalized spacial score (nSPS) is 26.9. The molecule has 1 unspecified atom stereocenters. The third-order valence-electron chi connectivity index (χ3n) is 5.07. The second kappa shape index (κ2) is 3.89. The van der Waals surface area contributed by atoms with Gasteiger partial charge in [-0.15, -0.1) is 0 Å². The summed E-state index contributed by atoms with van der Waals surface area (Å²) in [6.45, 7) is 1.14. The molecular formula is C16H21NO2. The third kappa shape index (κ3) is 1.68. The van der Waals surface area contributed by atoms with Gasteiger partial charge in [0.1, 0.15) is 0 Å². The van der Waals surface area contributed by atoms with Gasteiger partial charge in [0, 0.05) is 18.0 Å². The number of ether oxygens (including phenoxy) is 2. The molecule has 3 heteroatoms. The maximum Gasteiger partial charge on any atom is 0.161 e.